The van der Waals surface area contributed by atoms with Crippen molar-refractivity contribution in [2.24, 2.45) is 0 Å². The number of sulfone groups is 1. The molecule has 6 nitrogen and oxygen atoms in total. The molecule has 1 aliphatic rings. The van der Waals surface area contributed by atoms with Gasteiger partial charge < -0.3 is 5.32 Å². The summed E-state index contributed by atoms with van der Waals surface area (Å²) in [6, 6.07) is 5.51. The fraction of sp³-hybridized carbons (Fsp3) is 0.500. The topological polar surface area (TPSA) is 81.1 Å². The standard InChI is InChI=1S/C16H21N3O3S2/c1-3-11(2)17-16(20)13-9-14(15-5-4-7-23-15)19(18-13)12-6-8-24(21,22)10-12/h4-5,7,9,11-12H,3,6,8,10H2,1-2H3,(H,17,20)/t11-,12-/m1/s1. The van der Waals surface area contributed by atoms with Crippen LogP contribution in [0.1, 0.15) is 43.2 Å². The number of nitrogens with zero attached hydrogens (tertiary/aromatic N) is 2. The average molecular weight is 367 g/mol. The van der Waals surface area contributed by atoms with Crippen LogP contribution in [0, 0.1) is 0 Å². The minimum Gasteiger partial charge on any atom is -0.348 e. The van der Waals surface area contributed by atoms with Crippen molar-refractivity contribution >= 4 is 27.1 Å². The van der Waals surface area contributed by atoms with Crippen LogP contribution in [0.3, 0.4) is 0 Å². The van der Waals surface area contributed by atoms with Gasteiger partial charge in [-0.3, -0.25) is 9.48 Å². The highest BCUT2D eigenvalue weighted by molar-refractivity contribution is 7.91. The monoisotopic (exact) mass is 367 g/mol. The van der Waals surface area contributed by atoms with Crippen molar-refractivity contribution in [3.63, 3.8) is 0 Å². The summed E-state index contributed by atoms with van der Waals surface area (Å²) in [6.45, 7) is 3.95. The van der Waals surface area contributed by atoms with Crippen LogP contribution in [-0.2, 0) is 9.84 Å². The maximum Gasteiger partial charge on any atom is 0.272 e. The van der Waals surface area contributed by atoms with Crippen molar-refractivity contribution < 1.29 is 13.2 Å². The molecule has 0 unspecified atom stereocenters. The van der Waals surface area contributed by atoms with E-state index >= 15 is 0 Å². The van der Waals surface area contributed by atoms with Gasteiger partial charge in [0.25, 0.3) is 5.91 Å². The molecule has 1 amide bonds. The zero-order chi connectivity index (χ0) is 17.3. The Labute approximate surface area is 145 Å². The quantitative estimate of drug-likeness (QED) is 0.880. The van der Waals surface area contributed by atoms with E-state index < -0.39 is 9.84 Å². The average Bonchev–Trinajstić information content (AvgIpc) is 3.24. The molecule has 1 aliphatic heterocycles. The Balaban J connectivity index is 1.96. The Bertz CT molecular complexity index is 825. The summed E-state index contributed by atoms with van der Waals surface area (Å²) in [6.07, 6.45) is 1.37. The molecule has 0 radical (unpaired) electrons. The van der Waals surface area contributed by atoms with Gasteiger partial charge in [-0.2, -0.15) is 5.10 Å². The summed E-state index contributed by atoms with van der Waals surface area (Å²) < 4.78 is 25.4. The Morgan fingerprint density at radius 1 is 1.54 bits per heavy atom. The summed E-state index contributed by atoms with van der Waals surface area (Å²) in [5.41, 5.74) is 1.14. The lowest BCUT2D eigenvalue weighted by Crippen LogP contribution is -2.32. The van der Waals surface area contributed by atoms with E-state index in [1.165, 1.54) is 0 Å². The number of carbonyl (C=O) groups is 1. The second-order valence-corrected chi connectivity index (χ2v) is 9.35. The number of aromatic nitrogens is 2. The molecule has 0 spiro atoms. The van der Waals surface area contributed by atoms with Crippen LogP contribution in [0.4, 0.5) is 0 Å². The predicted molar refractivity (Wildman–Crippen MR) is 95.1 cm³/mol. The van der Waals surface area contributed by atoms with Gasteiger partial charge in [0.2, 0.25) is 0 Å². The highest BCUT2D eigenvalue weighted by atomic mass is 32.2. The van der Waals surface area contributed by atoms with E-state index in [1.54, 1.807) is 22.1 Å². The second-order valence-electron chi connectivity index (χ2n) is 6.18. The van der Waals surface area contributed by atoms with Crippen LogP contribution in [0.25, 0.3) is 10.6 Å². The minimum atomic E-state index is -3.02. The number of nitrogens with one attached hydrogen (secondary N) is 1. The van der Waals surface area contributed by atoms with E-state index in [9.17, 15) is 13.2 Å². The maximum absolute atomic E-state index is 12.4. The van der Waals surface area contributed by atoms with E-state index in [0.717, 1.165) is 17.0 Å². The molecule has 0 aliphatic carbocycles. The van der Waals surface area contributed by atoms with Crippen LogP contribution in [0.15, 0.2) is 23.6 Å². The SMILES string of the molecule is CC[C@@H](C)NC(=O)c1cc(-c2cccs2)n([C@@H]2CCS(=O)(=O)C2)n1. The van der Waals surface area contributed by atoms with Crippen molar-refractivity contribution in [3.05, 3.63) is 29.3 Å². The van der Waals surface area contributed by atoms with Crippen LogP contribution in [-0.4, -0.2) is 41.7 Å². The molecule has 2 aromatic rings. The van der Waals surface area contributed by atoms with Gasteiger partial charge in [-0.1, -0.05) is 13.0 Å². The molecular formula is C16H21N3O3S2. The third-order valence-corrected chi connectivity index (χ3v) is 6.93. The molecule has 1 fully saturated rings. The Kier molecular flexibility index (Phi) is 4.78. The molecular weight excluding hydrogens is 346 g/mol. The minimum absolute atomic E-state index is 0.0692. The molecule has 1 saturated heterocycles. The molecule has 0 saturated carbocycles. The zero-order valence-electron chi connectivity index (χ0n) is 13.7. The molecule has 0 bridgehead atoms. The van der Waals surface area contributed by atoms with E-state index in [1.807, 2.05) is 31.4 Å². The van der Waals surface area contributed by atoms with E-state index in [2.05, 4.69) is 10.4 Å². The first kappa shape index (κ1) is 17.2. The van der Waals surface area contributed by atoms with E-state index in [4.69, 9.17) is 0 Å². The summed E-state index contributed by atoms with van der Waals surface area (Å²) in [7, 11) is -3.02. The van der Waals surface area contributed by atoms with Crippen molar-refractivity contribution in [2.45, 2.75) is 38.8 Å². The fourth-order valence-corrected chi connectivity index (χ4v) is 5.19. The molecule has 2 aromatic heterocycles. The van der Waals surface area contributed by atoms with Crippen LogP contribution < -0.4 is 5.32 Å². The van der Waals surface area contributed by atoms with Gasteiger partial charge in [0.15, 0.2) is 15.5 Å². The molecule has 8 heteroatoms. The number of hydrogen-bond acceptors (Lipinski definition) is 5. The molecule has 3 heterocycles. The lowest BCUT2D eigenvalue weighted by Gasteiger charge is -2.12. The number of rotatable bonds is 5. The summed E-state index contributed by atoms with van der Waals surface area (Å²) in [5.74, 6) is 0.0386. The summed E-state index contributed by atoms with van der Waals surface area (Å²) in [4.78, 5) is 13.4. The van der Waals surface area contributed by atoms with Crippen molar-refractivity contribution in [3.8, 4) is 10.6 Å². The third-order valence-electron chi connectivity index (χ3n) is 4.29. The van der Waals surface area contributed by atoms with E-state index in [0.29, 0.717) is 12.1 Å². The van der Waals surface area contributed by atoms with Gasteiger partial charge in [0.1, 0.15) is 0 Å². The second kappa shape index (κ2) is 6.68. The van der Waals surface area contributed by atoms with Crippen LogP contribution in [0.2, 0.25) is 0 Å². The Hall–Kier alpha value is -1.67. The van der Waals surface area contributed by atoms with Gasteiger partial charge in [0, 0.05) is 6.04 Å². The first-order valence-electron chi connectivity index (χ1n) is 8.04. The van der Waals surface area contributed by atoms with Crippen molar-refractivity contribution in [1.29, 1.82) is 0 Å². The largest absolute Gasteiger partial charge is 0.348 e. The van der Waals surface area contributed by atoms with E-state index in [-0.39, 0.29) is 29.5 Å². The molecule has 0 aromatic carbocycles. The van der Waals surface area contributed by atoms with Crippen molar-refractivity contribution in [1.82, 2.24) is 15.1 Å². The predicted octanol–water partition coefficient (Wildman–Crippen LogP) is 2.50. The van der Waals surface area contributed by atoms with Crippen LogP contribution >= 0.6 is 11.3 Å². The summed E-state index contributed by atoms with van der Waals surface area (Å²) in [5, 5.41) is 9.31. The highest BCUT2D eigenvalue weighted by Gasteiger charge is 2.32. The molecule has 2 atom stereocenters. The lowest BCUT2D eigenvalue weighted by atomic mass is 10.2. The first-order valence-corrected chi connectivity index (χ1v) is 10.7. The van der Waals surface area contributed by atoms with Gasteiger partial charge in [-0.15, -0.1) is 11.3 Å². The first-order chi connectivity index (χ1) is 11.4. The molecule has 3 rings (SSSR count). The smallest absolute Gasteiger partial charge is 0.272 e. The zero-order valence-corrected chi connectivity index (χ0v) is 15.4. The van der Waals surface area contributed by atoms with Crippen LogP contribution in [0.5, 0.6) is 0 Å². The number of amides is 1. The molecule has 24 heavy (non-hydrogen) atoms. The van der Waals surface area contributed by atoms with Crippen molar-refractivity contribution in [2.75, 3.05) is 11.5 Å². The Morgan fingerprint density at radius 2 is 2.33 bits per heavy atom. The van der Waals surface area contributed by atoms with Gasteiger partial charge in [-0.25, -0.2) is 8.42 Å². The molecule has 1 N–H and O–H groups in total. The number of thiophene rings is 1. The summed E-state index contributed by atoms with van der Waals surface area (Å²) >= 11 is 1.55. The Morgan fingerprint density at radius 3 is 2.92 bits per heavy atom. The fourth-order valence-electron chi connectivity index (χ4n) is 2.76. The molecule has 130 valence electrons. The lowest BCUT2D eigenvalue weighted by molar-refractivity contribution is 0.0933. The maximum atomic E-state index is 12.4. The van der Waals surface area contributed by atoms with Gasteiger partial charge >= 0.3 is 0 Å². The highest BCUT2D eigenvalue weighted by Crippen LogP contribution is 2.32. The number of hydrogen-bond donors (Lipinski definition) is 1. The van der Waals surface area contributed by atoms with Gasteiger partial charge in [0.05, 0.1) is 28.1 Å². The normalized spacial score (nSPS) is 20.8. The number of carbonyl (C=O) groups excluding carboxylic acids is 1. The van der Waals surface area contributed by atoms with Gasteiger partial charge in [-0.05, 0) is 37.3 Å². The third kappa shape index (κ3) is 3.54.